The van der Waals surface area contributed by atoms with Crippen LogP contribution < -0.4 is 10.2 Å². The molecule has 2 fully saturated rings. The first-order chi connectivity index (χ1) is 14.1. The molecule has 7 nitrogen and oxygen atoms in total. The Morgan fingerprint density at radius 2 is 1.86 bits per heavy atom. The van der Waals surface area contributed by atoms with Crippen LogP contribution in [0.4, 0.5) is 5.69 Å². The number of nitrogens with zero attached hydrogens (tertiary/aromatic N) is 3. The average Bonchev–Trinajstić information content (AvgIpc) is 3.04. The summed E-state index contributed by atoms with van der Waals surface area (Å²) in [5.74, 6) is -0.727. The van der Waals surface area contributed by atoms with Gasteiger partial charge in [-0.2, -0.15) is 0 Å². The Hall–Kier alpha value is -2.41. The molecule has 2 saturated heterocycles. The van der Waals surface area contributed by atoms with Crippen molar-refractivity contribution < 1.29 is 14.4 Å². The van der Waals surface area contributed by atoms with Crippen molar-refractivity contribution in [2.75, 3.05) is 37.6 Å². The molecule has 3 aliphatic heterocycles. The summed E-state index contributed by atoms with van der Waals surface area (Å²) in [6.07, 6.45) is 4.50. The molecule has 0 saturated carbocycles. The summed E-state index contributed by atoms with van der Waals surface area (Å²) in [4.78, 5) is 42.9. The molecule has 0 aromatic heterocycles. The molecule has 29 heavy (non-hydrogen) atoms. The van der Waals surface area contributed by atoms with Crippen molar-refractivity contribution in [2.24, 2.45) is 0 Å². The van der Waals surface area contributed by atoms with E-state index in [-0.39, 0.29) is 24.1 Å². The number of hydrogen-bond acceptors (Lipinski definition) is 5. The summed E-state index contributed by atoms with van der Waals surface area (Å²) in [6, 6.07) is 5.47. The zero-order chi connectivity index (χ0) is 20.4. The normalized spacial score (nSPS) is 22.8. The summed E-state index contributed by atoms with van der Waals surface area (Å²) in [5, 5.41) is 2.35. The number of carbonyl (C=O) groups excluding carboxylic acids is 3. The zero-order valence-electron chi connectivity index (χ0n) is 17.2. The van der Waals surface area contributed by atoms with Crippen LogP contribution in [0, 0.1) is 0 Å². The van der Waals surface area contributed by atoms with Gasteiger partial charge in [0.1, 0.15) is 6.04 Å². The lowest BCUT2D eigenvalue weighted by atomic mass is 10.0. The van der Waals surface area contributed by atoms with Gasteiger partial charge in [-0.3, -0.25) is 24.6 Å². The monoisotopic (exact) mass is 398 g/mol. The second-order valence-electron chi connectivity index (χ2n) is 8.28. The van der Waals surface area contributed by atoms with Crippen LogP contribution in [0.3, 0.4) is 0 Å². The highest BCUT2D eigenvalue weighted by Crippen LogP contribution is 2.30. The second-order valence-corrected chi connectivity index (χ2v) is 8.28. The standard InChI is InChI=1S/C22H30N4O3/c1-2-3-4-9-24-10-12-25(13-11-24)17-5-6-18-16(14-17)15-26(22(18)29)19-7-8-20(27)23-21(19)28/h5-6,14,19H,2-4,7-13,15H2,1H3,(H,23,27,28). The molecule has 3 aliphatic rings. The number of fused-ring (bicyclic) bond motifs is 1. The van der Waals surface area contributed by atoms with Gasteiger partial charge in [-0.15, -0.1) is 0 Å². The molecule has 0 aliphatic carbocycles. The minimum Gasteiger partial charge on any atom is -0.369 e. The van der Waals surface area contributed by atoms with Gasteiger partial charge in [-0.25, -0.2) is 0 Å². The zero-order valence-corrected chi connectivity index (χ0v) is 17.2. The third-order valence-electron chi connectivity index (χ3n) is 6.32. The summed E-state index contributed by atoms with van der Waals surface area (Å²) < 4.78 is 0. The highest BCUT2D eigenvalue weighted by Gasteiger charge is 2.39. The minimum atomic E-state index is -0.553. The summed E-state index contributed by atoms with van der Waals surface area (Å²) in [6.45, 7) is 7.99. The maximum atomic E-state index is 12.8. The highest BCUT2D eigenvalue weighted by atomic mass is 16.2. The third-order valence-corrected chi connectivity index (χ3v) is 6.32. The Bertz CT molecular complexity index is 801. The van der Waals surface area contributed by atoms with Crippen LogP contribution in [0.2, 0.25) is 0 Å². The number of benzene rings is 1. The number of nitrogens with one attached hydrogen (secondary N) is 1. The van der Waals surface area contributed by atoms with Gasteiger partial charge >= 0.3 is 0 Å². The average molecular weight is 399 g/mol. The molecule has 3 amide bonds. The first-order valence-corrected chi connectivity index (χ1v) is 10.8. The molecule has 1 aromatic rings. The summed E-state index contributed by atoms with van der Waals surface area (Å²) in [7, 11) is 0. The number of amides is 3. The molecule has 3 heterocycles. The van der Waals surface area contributed by atoms with Gasteiger partial charge in [0.25, 0.3) is 5.91 Å². The van der Waals surface area contributed by atoms with Crippen molar-refractivity contribution >= 4 is 23.4 Å². The number of piperazine rings is 1. The topological polar surface area (TPSA) is 73.0 Å². The predicted octanol–water partition coefficient (Wildman–Crippen LogP) is 1.76. The fourth-order valence-corrected chi connectivity index (χ4v) is 4.57. The number of imide groups is 1. The van der Waals surface area contributed by atoms with E-state index in [1.165, 1.54) is 25.8 Å². The lowest BCUT2D eigenvalue weighted by Crippen LogP contribution is -2.52. The third kappa shape index (κ3) is 4.15. The van der Waals surface area contributed by atoms with Crippen LogP contribution in [-0.2, 0) is 16.1 Å². The van der Waals surface area contributed by atoms with Crippen molar-refractivity contribution in [3.05, 3.63) is 29.3 Å². The van der Waals surface area contributed by atoms with E-state index in [0.717, 1.165) is 37.4 Å². The van der Waals surface area contributed by atoms with Crippen molar-refractivity contribution in [1.82, 2.24) is 15.1 Å². The van der Waals surface area contributed by atoms with Crippen LogP contribution in [0.5, 0.6) is 0 Å². The quantitative estimate of drug-likeness (QED) is 0.584. The molecule has 0 radical (unpaired) electrons. The molecule has 7 heteroatoms. The number of piperidine rings is 1. The fourth-order valence-electron chi connectivity index (χ4n) is 4.57. The Morgan fingerprint density at radius 1 is 1.07 bits per heavy atom. The van der Waals surface area contributed by atoms with Gasteiger partial charge in [0.2, 0.25) is 11.8 Å². The number of unbranched alkanes of at least 4 members (excludes halogenated alkanes) is 2. The number of carbonyl (C=O) groups is 3. The van der Waals surface area contributed by atoms with Gasteiger partial charge in [-0.05, 0) is 43.1 Å². The van der Waals surface area contributed by atoms with Crippen LogP contribution in [0.15, 0.2) is 18.2 Å². The Kier molecular flexibility index (Phi) is 5.85. The lowest BCUT2D eigenvalue weighted by Gasteiger charge is -2.36. The lowest BCUT2D eigenvalue weighted by molar-refractivity contribution is -0.136. The number of rotatable bonds is 6. The van der Waals surface area contributed by atoms with E-state index in [1.807, 2.05) is 12.1 Å². The molecule has 1 unspecified atom stereocenters. The Balaban J connectivity index is 1.39. The van der Waals surface area contributed by atoms with Crippen LogP contribution >= 0.6 is 0 Å². The molecule has 0 spiro atoms. The van der Waals surface area contributed by atoms with Gasteiger partial charge in [0, 0.05) is 50.4 Å². The van der Waals surface area contributed by atoms with E-state index < -0.39 is 6.04 Å². The van der Waals surface area contributed by atoms with E-state index in [0.29, 0.717) is 18.5 Å². The van der Waals surface area contributed by atoms with E-state index >= 15 is 0 Å². The van der Waals surface area contributed by atoms with Crippen molar-refractivity contribution in [2.45, 2.75) is 51.6 Å². The first kappa shape index (κ1) is 19.9. The van der Waals surface area contributed by atoms with Gasteiger partial charge < -0.3 is 9.80 Å². The van der Waals surface area contributed by atoms with Crippen LogP contribution in [-0.4, -0.2) is 66.3 Å². The van der Waals surface area contributed by atoms with Crippen LogP contribution in [0.25, 0.3) is 0 Å². The van der Waals surface area contributed by atoms with Crippen molar-refractivity contribution in [3.8, 4) is 0 Å². The number of anilines is 1. The molecule has 1 atom stereocenters. The van der Waals surface area contributed by atoms with Gasteiger partial charge in [-0.1, -0.05) is 19.8 Å². The molecular weight excluding hydrogens is 368 g/mol. The number of hydrogen-bond donors (Lipinski definition) is 1. The largest absolute Gasteiger partial charge is 0.369 e. The maximum absolute atomic E-state index is 12.8. The summed E-state index contributed by atoms with van der Waals surface area (Å²) >= 11 is 0. The van der Waals surface area contributed by atoms with Gasteiger partial charge in [0.05, 0.1) is 0 Å². The van der Waals surface area contributed by atoms with Crippen LogP contribution in [0.1, 0.15) is 54.9 Å². The first-order valence-electron chi connectivity index (χ1n) is 10.8. The Morgan fingerprint density at radius 3 is 2.59 bits per heavy atom. The predicted molar refractivity (Wildman–Crippen MR) is 111 cm³/mol. The summed E-state index contributed by atoms with van der Waals surface area (Å²) in [5.41, 5.74) is 2.80. The smallest absolute Gasteiger partial charge is 0.255 e. The second kappa shape index (κ2) is 8.53. The van der Waals surface area contributed by atoms with E-state index in [4.69, 9.17) is 0 Å². The highest BCUT2D eigenvalue weighted by molar-refractivity contribution is 6.05. The molecule has 0 bridgehead atoms. The molecular formula is C22H30N4O3. The van der Waals surface area contributed by atoms with Crippen molar-refractivity contribution in [1.29, 1.82) is 0 Å². The van der Waals surface area contributed by atoms with Gasteiger partial charge in [0.15, 0.2) is 0 Å². The fraction of sp³-hybridized carbons (Fsp3) is 0.591. The van der Waals surface area contributed by atoms with E-state index in [1.54, 1.807) is 4.90 Å². The van der Waals surface area contributed by atoms with E-state index in [9.17, 15) is 14.4 Å². The van der Waals surface area contributed by atoms with E-state index in [2.05, 4.69) is 28.1 Å². The molecule has 156 valence electrons. The maximum Gasteiger partial charge on any atom is 0.255 e. The SMILES string of the molecule is CCCCCN1CCN(c2ccc3c(c2)CN(C2CCC(=O)NC2=O)C3=O)CC1. The Labute approximate surface area is 172 Å². The molecule has 1 N–H and O–H groups in total. The minimum absolute atomic E-state index is 0.109. The molecule has 4 rings (SSSR count). The van der Waals surface area contributed by atoms with Crippen molar-refractivity contribution in [3.63, 3.8) is 0 Å². The molecule has 1 aromatic carbocycles.